The molecule has 132 valence electrons. The first kappa shape index (κ1) is 17.0. The van der Waals surface area contributed by atoms with Crippen molar-refractivity contribution in [1.29, 1.82) is 0 Å². The molecule has 3 heterocycles. The number of nitrogens with one attached hydrogen (secondary N) is 1. The first-order chi connectivity index (χ1) is 11.9. The van der Waals surface area contributed by atoms with Crippen LogP contribution in [-0.4, -0.2) is 41.0 Å². The van der Waals surface area contributed by atoms with Crippen LogP contribution < -0.4 is 10.9 Å². The second kappa shape index (κ2) is 6.56. The molecule has 0 bridgehead atoms. The van der Waals surface area contributed by atoms with Crippen molar-refractivity contribution in [1.82, 2.24) is 19.8 Å². The first-order valence-corrected chi connectivity index (χ1v) is 7.83. The minimum atomic E-state index is -0.375. The molecule has 8 nitrogen and oxygen atoms in total. The van der Waals surface area contributed by atoms with Crippen LogP contribution in [0.1, 0.15) is 27.9 Å². The Bertz CT molecular complexity index is 953. The molecule has 1 unspecified atom stereocenters. The van der Waals surface area contributed by atoms with Crippen molar-refractivity contribution in [2.75, 3.05) is 20.6 Å². The number of likely N-dealkylation sites (N-methyl/N-ethyl adjacent to an activating group) is 1. The molecule has 0 aromatic carbocycles. The van der Waals surface area contributed by atoms with Crippen LogP contribution in [-0.2, 0) is 7.05 Å². The maximum absolute atomic E-state index is 12.7. The molecule has 0 fully saturated rings. The van der Waals surface area contributed by atoms with Crippen molar-refractivity contribution in [2.24, 2.45) is 7.05 Å². The van der Waals surface area contributed by atoms with Crippen LogP contribution in [0, 0.1) is 6.92 Å². The summed E-state index contributed by atoms with van der Waals surface area (Å²) in [6.07, 6.45) is 2.96. The number of hydrogen-bond donors (Lipinski definition) is 1. The Labute approximate surface area is 144 Å². The number of furan rings is 2. The van der Waals surface area contributed by atoms with Gasteiger partial charge in [0, 0.05) is 13.6 Å². The van der Waals surface area contributed by atoms with E-state index in [1.54, 1.807) is 26.3 Å². The summed E-state index contributed by atoms with van der Waals surface area (Å²) >= 11 is 0. The molecule has 0 saturated carbocycles. The molecule has 3 rings (SSSR count). The summed E-state index contributed by atoms with van der Waals surface area (Å²) in [5, 5.41) is 3.05. The summed E-state index contributed by atoms with van der Waals surface area (Å²) in [5.74, 6) is 0.735. The highest BCUT2D eigenvalue weighted by atomic mass is 16.3. The van der Waals surface area contributed by atoms with E-state index < -0.39 is 0 Å². The van der Waals surface area contributed by atoms with E-state index in [1.807, 2.05) is 25.1 Å². The van der Waals surface area contributed by atoms with Gasteiger partial charge < -0.3 is 18.7 Å². The molecule has 1 amide bonds. The van der Waals surface area contributed by atoms with Crippen LogP contribution in [0.4, 0.5) is 0 Å². The monoisotopic (exact) mass is 344 g/mol. The molecule has 1 atom stereocenters. The van der Waals surface area contributed by atoms with Gasteiger partial charge in [-0.05, 0) is 33.2 Å². The quantitative estimate of drug-likeness (QED) is 0.753. The van der Waals surface area contributed by atoms with E-state index in [4.69, 9.17) is 8.83 Å². The molecule has 0 aliphatic rings. The van der Waals surface area contributed by atoms with Gasteiger partial charge in [0.1, 0.15) is 23.2 Å². The fourth-order valence-corrected chi connectivity index (χ4v) is 2.76. The van der Waals surface area contributed by atoms with Crippen molar-refractivity contribution >= 4 is 17.0 Å². The fraction of sp³-hybridized carbons (Fsp3) is 0.353. The lowest BCUT2D eigenvalue weighted by Crippen LogP contribution is -2.35. The summed E-state index contributed by atoms with van der Waals surface area (Å²) in [6, 6.07) is 3.53. The van der Waals surface area contributed by atoms with Gasteiger partial charge in [-0.1, -0.05) is 0 Å². The van der Waals surface area contributed by atoms with Crippen LogP contribution in [0.15, 0.2) is 38.4 Å². The Morgan fingerprint density at radius 2 is 2.20 bits per heavy atom. The second-order valence-electron chi connectivity index (χ2n) is 6.08. The highest BCUT2D eigenvalue weighted by molar-refractivity contribution is 6.06. The number of hydrogen-bond acceptors (Lipinski definition) is 6. The number of rotatable bonds is 5. The van der Waals surface area contributed by atoms with E-state index in [2.05, 4.69) is 10.3 Å². The zero-order valence-corrected chi connectivity index (χ0v) is 14.6. The lowest BCUT2D eigenvalue weighted by molar-refractivity contribution is 0.0939. The lowest BCUT2D eigenvalue weighted by atomic mass is 10.1. The van der Waals surface area contributed by atoms with Gasteiger partial charge in [0.05, 0.1) is 17.9 Å². The minimum Gasteiger partial charge on any atom is -0.468 e. The number of fused-ring (bicyclic) bond motifs is 1. The Kier molecular flexibility index (Phi) is 4.45. The Morgan fingerprint density at radius 3 is 2.84 bits per heavy atom. The van der Waals surface area contributed by atoms with Crippen LogP contribution in [0.25, 0.3) is 11.1 Å². The summed E-state index contributed by atoms with van der Waals surface area (Å²) in [5.41, 5.74) is 0.0730. The van der Waals surface area contributed by atoms with Gasteiger partial charge >= 0.3 is 0 Å². The number of amides is 1. The average molecular weight is 344 g/mol. The Hall–Kier alpha value is -2.87. The number of carbonyl (C=O) groups excluding carboxylic acids is 1. The van der Waals surface area contributed by atoms with Crippen molar-refractivity contribution < 1.29 is 13.6 Å². The lowest BCUT2D eigenvalue weighted by Gasteiger charge is -2.22. The van der Waals surface area contributed by atoms with Gasteiger partial charge in [0.25, 0.3) is 11.5 Å². The smallest absolute Gasteiger partial charge is 0.265 e. The SMILES string of the molecule is Cc1oc2ncn(C)c(=O)c2c1C(=O)NCC(c1ccco1)N(C)C. The molecule has 25 heavy (non-hydrogen) atoms. The van der Waals surface area contributed by atoms with Crippen LogP contribution in [0.2, 0.25) is 0 Å². The minimum absolute atomic E-state index is 0.127. The van der Waals surface area contributed by atoms with E-state index in [0.717, 1.165) is 5.76 Å². The number of aryl methyl sites for hydroxylation is 2. The summed E-state index contributed by atoms with van der Waals surface area (Å²) in [4.78, 5) is 31.1. The summed E-state index contributed by atoms with van der Waals surface area (Å²) in [7, 11) is 5.38. The third kappa shape index (κ3) is 3.08. The second-order valence-corrected chi connectivity index (χ2v) is 6.08. The van der Waals surface area contributed by atoms with Gasteiger partial charge in [-0.15, -0.1) is 0 Å². The van der Waals surface area contributed by atoms with Gasteiger partial charge in [-0.25, -0.2) is 4.98 Å². The highest BCUT2D eigenvalue weighted by Gasteiger charge is 2.24. The van der Waals surface area contributed by atoms with E-state index >= 15 is 0 Å². The molecular formula is C17H20N4O4. The third-order valence-electron chi connectivity index (χ3n) is 4.13. The molecule has 0 aliphatic heterocycles. The van der Waals surface area contributed by atoms with Crippen molar-refractivity contribution in [3.63, 3.8) is 0 Å². The predicted molar refractivity (Wildman–Crippen MR) is 91.5 cm³/mol. The zero-order chi connectivity index (χ0) is 18.1. The molecule has 3 aromatic rings. The van der Waals surface area contributed by atoms with Crippen molar-refractivity contribution in [2.45, 2.75) is 13.0 Å². The molecule has 0 radical (unpaired) electrons. The normalized spacial score (nSPS) is 12.7. The van der Waals surface area contributed by atoms with Gasteiger partial charge in [0.2, 0.25) is 5.71 Å². The Morgan fingerprint density at radius 1 is 1.44 bits per heavy atom. The Balaban J connectivity index is 1.89. The van der Waals surface area contributed by atoms with Gasteiger partial charge in [-0.3, -0.25) is 14.5 Å². The molecule has 0 saturated heterocycles. The number of carbonyl (C=O) groups is 1. The predicted octanol–water partition coefficient (Wildman–Crippen LogP) is 1.46. The van der Waals surface area contributed by atoms with Crippen molar-refractivity contribution in [3.8, 4) is 0 Å². The topological polar surface area (TPSA) is 93.5 Å². The number of nitrogens with zero attached hydrogens (tertiary/aromatic N) is 3. The molecule has 0 spiro atoms. The zero-order valence-electron chi connectivity index (χ0n) is 14.6. The third-order valence-corrected chi connectivity index (χ3v) is 4.13. The maximum atomic E-state index is 12.7. The van der Waals surface area contributed by atoms with E-state index in [0.29, 0.717) is 12.3 Å². The average Bonchev–Trinajstić information content (AvgIpc) is 3.18. The highest BCUT2D eigenvalue weighted by Crippen LogP contribution is 2.22. The molecular weight excluding hydrogens is 324 g/mol. The van der Waals surface area contributed by atoms with E-state index in [9.17, 15) is 9.59 Å². The fourth-order valence-electron chi connectivity index (χ4n) is 2.76. The number of aromatic nitrogens is 2. The van der Waals surface area contributed by atoms with E-state index in [1.165, 1.54) is 10.9 Å². The molecule has 3 aromatic heterocycles. The largest absolute Gasteiger partial charge is 0.468 e. The molecule has 1 N–H and O–H groups in total. The van der Waals surface area contributed by atoms with E-state index in [-0.39, 0.29) is 34.2 Å². The molecule has 0 aliphatic carbocycles. The standard InChI is InChI=1S/C17H20N4O4/c1-10-13(14-16(25-10)19-9-21(4)17(14)23)15(22)18-8-11(20(2)3)12-6-5-7-24-12/h5-7,9,11H,8H2,1-4H3,(H,18,22). The van der Waals surface area contributed by atoms with Crippen molar-refractivity contribution in [3.05, 3.63) is 52.2 Å². The summed E-state index contributed by atoms with van der Waals surface area (Å²) < 4.78 is 12.2. The van der Waals surface area contributed by atoms with Crippen LogP contribution >= 0.6 is 0 Å². The van der Waals surface area contributed by atoms with Gasteiger partial charge in [0.15, 0.2) is 0 Å². The first-order valence-electron chi connectivity index (χ1n) is 7.83. The van der Waals surface area contributed by atoms with Gasteiger partial charge in [-0.2, -0.15) is 0 Å². The van der Waals surface area contributed by atoms with Crippen LogP contribution in [0.5, 0.6) is 0 Å². The van der Waals surface area contributed by atoms with Crippen LogP contribution in [0.3, 0.4) is 0 Å². The summed E-state index contributed by atoms with van der Waals surface area (Å²) in [6.45, 7) is 1.97. The maximum Gasteiger partial charge on any atom is 0.265 e. The molecule has 8 heteroatoms.